The first-order valence-electron chi connectivity index (χ1n) is 9.48. The molecule has 0 saturated carbocycles. The molecule has 3 N–H and O–H groups in total. The van der Waals surface area contributed by atoms with Crippen molar-refractivity contribution in [3.63, 3.8) is 0 Å². The van der Waals surface area contributed by atoms with Crippen LogP contribution in [0.3, 0.4) is 0 Å². The summed E-state index contributed by atoms with van der Waals surface area (Å²) in [4.78, 5) is 23.2. The first-order chi connectivity index (χ1) is 14.4. The van der Waals surface area contributed by atoms with Crippen molar-refractivity contribution < 1.29 is 34.0 Å². The molecule has 0 spiro atoms. The Morgan fingerprint density at radius 2 is 1.90 bits per heavy atom. The maximum absolute atomic E-state index is 12.5. The Morgan fingerprint density at radius 3 is 2.63 bits per heavy atom. The van der Waals surface area contributed by atoms with Crippen LogP contribution >= 0.6 is 0 Å². The molecule has 1 heterocycles. The first kappa shape index (κ1) is 21.0. The number of phenolic OH excluding ortho intramolecular Hbond substituents is 1. The van der Waals surface area contributed by atoms with Crippen molar-refractivity contribution >= 4 is 17.7 Å². The summed E-state index contributed by atoms with van der Waals surface area (Å²) < 4.78 is 16.3. The van der Waals surface area contributed by atoms with Crippen molar-refractivity contribution in [1.82, 2.24) is 0 Å². The second-order valence-corrected chi connectivity index (χ2v) is 6.91. The van der Waals surface area contributed by atoms with Gasteiger partial charge in [-0.2, -0.15) is 0 Å². The zero-order valence-electron chi connectivity index (χ0n) is 16.4. The lowest BCUT2D eigenvalue weighted by Gasteiger charge is -2.24. The van der Waals surface area contributed by atoms with E-state index in [9.17, 15) is 14.7 Å². The Balaban J connectivity index is 1.68. The average Bonchev–Trinajstić information content (AvgIpc) is 3.18. The molecule has 0 fully saturated rings. The van der Waals surface area contributed by atoms with Crippen LogP contribution in [0.1, 0.15) is 31.4 Å². The van der Waals surface area contributed by atoms with Crippen LogP contribution in [-0.4, -0.2) is 29.1 Å². The number of carboxylic acids is 1. The number of hydrogen-bond acceptors (Lipinski definition) is 6. The third-order valence-corrected chi connectivity index (χ3v) is 4.64. The van der Waals surface area contributed by atoms with Crippen LogP contribution in [0.15, 0.2) is 54.6 Å². The Morgan fingerprint density at radius 1 is 1.17 bits per heavy atom. The van der Waals surface area contributed by atoms with E-state index in [4.69, 9.17) is 19.3 Å². The number of aliphatic carboxylic acids is 1. The summed E-state index contributed by atoms with van der Waals surface area (Å²) in [5.74, 6) is 0.160. The van der Waals surface area contributed by atoms with Gasteiger partial charge in [-0.05, 0) is 48.6 Å². The monoisotopic (exact) mass is 413 g/mol. The van der Waals surface area contributed by atoms with E-state index < -0.39 is 18.2 Å². The van der Waals surface area contributed by atoms with E-state index in [1.165, 1.54) is 12.1 Å². The molecule has 0 radical (unpaired) electrons. The van der Waals surface area contributed by atoms with E-state index in [0.29, 0.717) is 30.0 Å². The van der Waals surface area contributed by atoms with Gasteiger partial charge < -0.3 is 24.4 Å². The lowest BCUT2D eigenvalue weighted by Crippen LogP contribution is -2.22. The van der Waals surface area contributed by atoms with Crippen LogP contribution in [-0.2, 0) is 9.53 Å². The number of allylic oxidation sites excluding steroid dienone is 1. The van der Waals surface area contributed by atoms with Gasteiger partial charge in [-0.15, -0.1) is 0 Å². The molecule has 0 aromatic heterocycles. The predicted molar refractivity (Wildman–Crippen MR) is 109 cm³/mol. The molecule has 2 aromatic carbocycles. The maximum atomic E-state index is 12.5. The van der Waals surface area contributed by atoms with E-state index in [-0.39, 0.29) is 18.5 Å². The SMILES string of the molecule is C[C@H](CC/C=C/C(=O)O)[C@@H](OC(=O)Nc1ccc2c(c1)OCO2)c1ccc(O)cc1. The summed E-state index contributed by atoms with van der Waals surface area (Å²) in [6, 6.07) is 11.5. The molecule has 158 valence electrons. The lowest BCUT2D eigenvalue weighted by molar-refractivity contribution is -0.131. The number of nitrogens with one attached hydrogen (secondary N) is 1. The van der Waals surface area contributed by atoms with Crippen molar-refractivity contribution in [2.24, 2.45) is 5.92 Å². The summed E-state index contributed by atoms with van der Waals surface area (Å²) in [5.41, 5.74) is 1.23. The Bertz CT molecular complexity index is 924. The third-order valence-electron chi connectivity index (χ3n) is 4.64. The minimum absolute atomic E-state index is 0.101. The average molecular weight is 413 g/mol. The summed E-state index contributed by atoms with van der Waals surface area (Å²) in [6.45, 7) is 2.06. The highest BCUT2D eigenvalue weighted by molar-refractivity contribution is 5.85. The van der Waals surface area contributed by atoms with Crippen molar-refractivity contribution in [3.8, 4) is 17.2 Å². The summed E-state index contributed by atoms with van der Waals surface area (Å²) in [7, 11) is 0. The molecule has 1 amide bonds. The number of carboxylic acid groups (broad SMARTS) is 1. The number of fused-ring (bicyclic) bond motifs is 1. The standard InChI is InChI=1S/C22H23NO7/c1-14(4-2-3-5-20(25)26)21(15-6-9-17(24)10-7-15)30-22(27)23-16-8-11-18-19(12-16)29-13-28-18/h3,5-12,14,21,24H,2,4,13H2,1H3,(H,23,27)(H,25,26)/b5-3+/t14-,21-/m1/s1. The minimum Gasteiger partial charge on any atom is -0.508 e. The Labute approximate surface area is 173 Å². The molecule has 2 aromatic rings. The summed E-state index contributed by atoms with van der Waals surface area (Å²) >= 11 is 0. The predicted octanol–water partition coefficient (Wildman–Crippen LogP) is 4.47. The molecule has 8 nitrogen and oxygen atoms in total. The van der Waals surface area contributed by atoms with Gasteiger partial charge in [-0.1, -0.05) is 25.1 Å². The van der Waals surface area contributed by atoms with Gasteiger partial charge in [-0.25, -0.2) is 9.59 Å². The second-order valence-electron chi connectivity index (χ2n) is 6.91. The van der Waals surface area contributed by atoms with Gasteiger partial charge in [0.1, 0.15) is 11.9 Å². The van der Waals surface area contributed by atoms with Gasteiger partial charge in [0.15, 0.2) is 11.5 Å². The molecule has 0 saturated heterocycles. The number of aromatic hydroxyl groups is 1. The fourth-order valence-electron chi connectivity index (χ4n) is 3.11. The number of phenols is 1. The molecule has 0 aliphatic carbocycles. The summed E-state index contributed by atoms with van der Waals surface area (Å²) in [5, 5.41) is 20.9. The highest BCUT2D eigenvalue weighted by Crippen LogP contribution is 2.35. The number of benzene rings is 2. The van der Waals surface area contributed by atoms with E-state index >= 15 is 0 Å². The molecule has 0 bridgehead atoms. The van der Waals surface area contributed by atoms with Gasteiger partial charge in [-0.3, -0.25) is 5.32 Å². The van der Waals surface area contributed by atoms with E-state index in [0.717, 1.165) is 11.6 Å². The molecule has 2 atom stereocenters. The van der Waals surface area contributed by atoms with Crippen LogP contribution in [0, 0.1) is 5.92 Å². The topological polar surface area (TPSA) is 114 Å². The van der Waals surface area contributed by atoms with Crippen molar-refractivity contribution in [3.05, 3.63) is 60.2 Å². The summed E-state index contributed by atoms with van der Waals surface area (Å²) in [6.07, 6.45) is 2.56. The van der Waals surface area contributed by atoms with Crippen molar-refractivity contribution in [2.75, 3.05) is 12.1 Å². The molecular formula is C22H23NO7. The van der Waals surface area contributed by atoms with Crippen molar-refractivity contribution in [2.45, 2.75) is 25.9 Å². The number of rotatable bonds is 8. The largest absolute Gasteiger partial charge is 0.508 e. The number of ether oxygens (including phenoxy) is 3. The number of amides is 1. The van der Waals surface area contributed by atoms with Gasteiger partial charge >= 0.3 is 12.1 Å². The Kier molecular flexibility index (Phi) is 6.79. The van der Waals surface area contributed by atoms with Crippen molar-refractivity contribution in [1.29, 1.82) is 0 Å². The Hall–Kier alpha value is -3.68. The smallest absolute Gasteiger partial charge is 0.412 e. The second kappa shape index (κ2) is 9.69. The van der Waals surface area contributed by atoms with Crippen LogP contribution in [0.25, 0.3) is 0 Å². The molecule has 0 unspecified atom stereocenters. The fraction of sp³-hybridized carbons (Fsp3) is 0.273. The van der Waals surface area contributed by atoms with E-state index in [2.05, 4.69) is 5.32 Å². The zero-order chi connectivity index (χ0) is 21.5. The number of anilines is 1. The van der Waals surface area contributed by atoms with Crippen LogP contribution < -0.4 is 14.8 Å². The number of hydrogen-bond donors (Lipinski definition) is 3. The first-order valence-corrected chi connectivity index (χ1v) is 9.48. The van der Waals surface area contributed by atoms with Gasteiger partial charge in [0.05, 0.1) is 0 Å². The molecule has 30 heavy (non-hydrogen) atoms. The third kappa shape index (κ3) is 5.66. The molecule has 3 rings (SSSR count). The van der Waals surface area contributed by atoms with Crippen LogP contribution in [0.2, 0.25) is 0 Å². The van der Waals surface area contributed by atoms with Crippen LogP contribution in [0.5, 0.6) is 17.2 Å². The van der Waals surface area contributed by atoms with Crippen LogP contribution in [0.4, 0.5) is 10.5 Å². The highest BCUT2D eigenvalue weighted by atomic mass is 16.7. The van der Waals surface area contributed by atoms with Gasteiger partial charge in [0.25, 0.3) is 0 Å². The molecule has 1 aliphatic rings. The quantitative estimate of drug-likeness (QED) is 0.547. The van der Waals surface area contributed by atoms with E-state index in [1.54, 1.807) is 36.4 Å². The van der Waals surface area contributed by atoms with Gasteiger partial charge in [0, 0.05) is 17.8 Å². The van der Waals surface area contributed by atoms with Gasteiger partial charge in [0.2, 0.25) is 6.79 Å². The molecule has 1 aliphatic heterocycles. The number of carbonyl (C=O) groups is 2. The normalized spacial score (nSPS) is 14.3. The molecular weight excluding hydrogens is 390 g/mol. The lowest BCUT2D eigenvalue weighted by atomic mass is 9.93. The van der Waals surface area contributed by atoms with E-state index in [1.807, 2.05) is 6.92 Å². The molecule has 8 heteroatoms. The maximum Gasteiger partial charge on any atom is 0.412 e. The number of carbonyl (C=O) groups excluding carboxylic acids is 1. The fourth-order valence-corrected chi connectivity index (χ4v) is 3.11. The zero-order valence-corrected chi connectivity index (χ0v) is 16.4. The minimum atomic E-state index is -1.00. The highest BCUT2D eigenvalue weighted by Gasteiger charge is 2.24.